The second kappa shape index (κ2) is 12.4. The van der Waals surface area contributed by atoms with Crippen LogP contribution in [0.3, 0.4) is 0 Å². The Morgan fingerprint density at radius 2 is 1.79 bits per heavy atom. The number of anilines is 2. The summed E-state index contributed by atoms with van der Waals surface area (Å²) in [5.41, 5.74) is 2.64. The fraction of sp³-hybridized carbons (Fsp3) is 0.448. The van der Waals surface area contributed by atoms with Crippen LogP contribution in [-0.2, 0) is 15.4 Å². The minimum Gasteiger partial charge on any atom is -0.492 e. The highest BCUT2D eigenvalue weighted by Crippen LogP contribution is 2.39. The zero-order valence-electron chi connectivity index (χ0n) is 24.8. The third-order valence-electron chi connectivity index (χ3n) is 7.10. The molecule has 42 heavy (non-hydrogen) atoms. The van der Waals surface area contributed by atoms with Crippen LogP contribution in [0, 0.1) is 12.8 Å². The Balaban J connectivity index is 1.55. The predicted octanol–water partition coefficient (Wildman–Crippen LogP) is 4.78. The zero-order valence-corrected chi connectivity index (χ0v) is 25.6. The molecule has 1 fully saturated rings. The molecule has 2 aromatic carbocycles. The van der Waals surface area contributed by atoms with Gasteiger partial charge in [-0.25, -0.2) is 17.9 Å². The molecule has 0 unspecified atom stereocenters. The normalized spacial score (nSPS) is 14.0. The smallest absolute Gasteiger partial charge is 0.414 e. The van der Waals surface area contributed by atoms with E-state index in [4.69, 9.17) is 9.47 Å². The van der Waals surface area contributed by atoms with E-state index in [1.807, 2.05) is 27.7 Å². The SMILES string of the molecule is COc1c(NC(=O)c2ccc(C)c(-n3cc(OC(=O)NCC4CCCC4)nn3)c2)cc(C(C)(C)C)cc1NS(C)(=O)=O. The summed E-state index contributed by atoms with van der Waals surface area (Å²) in [4.78, 5) is 25.7. The minimum absolute atomic E-state index is 0.0304. The van der Waals surface area contributed by atoms with Gasteiger partial charge in [-0.2, -0.15) is 0 Å². The summed E-state index contributed by atoms with van der Waals surface area (Å²) < 4.78 is 38.8. The monoisotopic (exact) mass is 598 g/mol. The lowest BCUT2D eigenvalue weighted by atomic mass is 9.86. The van der Waals surface area contributed by atoms with Gasteiger partial charge >= 0.3 is 6.09 Å². The van der Waals surface area contributed by atoms with Crippen molar-refractivity contribution in [2.24, 2.45) is 5.92 Å². The predicted molar refractivity (Wildman–Crippen MR) is 160 cm³/mol. The quantitative estimate of drug-likeness (QED) is 0.318. The zero-order chi connectivity index (χ0) is 30.7. The van der Waals surface area contributed by atoms with Gasteiger partial charge in [0.25, 0.3) is 11.8 Å². The average Bonchev–Trinajstić information content (AvgIpc) is 3.58. The molecule has 0 aliphatic heterocycles. The molecule has 3 N–H and O–H groups in total. The first-order valence-corrected chi connectivity index (χ1v) is 15.6. The van der Waals surface area contributed by atoms with Crippen LogP contribution >= 0.6 is 0 Å². The molecule has 1 aliphatic carbocycles. The van der Waals surface area contributed by atoms with Gasteiger partial charge in [-0.3, -0.25) is 9.52 Å². The fourth-order valence-corrected chi connectivity index (χ4v) is 5.38. The molecule has 0 atom stereocenters. The molecular formula is C29H38N6O6S. The molecule has 1 saturated carbocycles. The Morgan fingerprint density at radius 3 is 2.43 bits per heavy atom. The number of carbonyl (C=O) groups excluding carboxylic acids is 2. The van der Waals surface area contributed by atoms with Crippen molar-refractivity contribution in [3.8, 4) is 17.3 Å². The third kappa shape index (κ3) is 7.78. The molecule has 4 rings (SSSR count). The van der Waals surface area contributed by atoms with Gasteiger partial charge in [-0.15, -0.1) is 0 Å². The van der Waals surface area contributed by atoms with E-state index in [-0.39, 0.29) is 22.7 Å². The number of aromatic nitrogens is 3. The Morgan fingerprint density at radius 1 is 1.10 bits per heavy atom. The van der Waals surface area contributed by atoms with Crippen molar-refractivity contribution < 1.29 is 27.5 Å². The van der Waals surface area contributed by atoms with Gasteiger partial charge < -0.3 is 20.1 Å². The van der Waals surface area contributed by atoms with Crippen molar-refractivity contribution in [3.05, 3.63) is 53.2 Å². The van der Waals surface area contributed by atoms with Crippen LogP contribution < -0.4 is 24.8 Å². The third-order valence-corrected chi connectivity index (χ3v) is 7.69. The van der Waals surface area contributed by atoms with E-state index >= 15 is 0 Å². The molecule has 12 nitrogen and oxygen atoms in total. The highest BCUT2D eigenvalue weighted by molar-refractivity contribution is 7.92. The minimum atomic E-state index is -3.62. The summed E-state index contributed by atoms with van der Waals surface area (Å²) in [7, 11) is -2.22. The van der Waals surface area contributed by atoms with Crippen molar-refractivity contribution in [2.45, 2.75) is 58.8 Å². The van der Waals surface area contributed by atoms with Crippen molar-refractivity contribution in [2.75, 3.05) is 29.9 Å². The molecule has 0 saturated heterocycles. The molecule has 0 radical (unpaired) electrons. The van der Waals surface area contributed by atoms with E-state index < -0.39 is 22.0 Å². The van der Waals surface area contributed by atoms with Crippen molar-refractivity contribution >= 4 is 33.4 Å². The Bertz CT molecular complexity index is 1570. The maximum atomic E-state index is 13.4. The van der Waals surface area contributed by atoms with Crippen molar-refractivity contribution in [1.29, 1.82) is 0 Å². The van der Waals surface area contributed by atoms with E-state index in [9.17, 15) is 18.0 Å². The number of hydrogen-bond donors (Lipinski definition) is 3. The first kappa shape index (κ1) is 30.8. The van der Waals surface area contributed by atoms with E-state index in [0.717, 1.165) is 30.2 Å². The number of hydrogen-bond acceptors (Lipinski definition) is 8. The summed E-state index contributed by atoms with van der Waals surface area (Å²) in [5.74, 6) is 0.234. The molecule has 2 amide bonds. The van der Waals surface area contributed by atoms with Crippen molar-refractivity contribution in [1.82, 2.24) is 20.3 Å². The second-order valence-electron chi connectivity index (χ2n) is 11.6. The number of rotatable bonds is 9. The lowest BCUT2D eigenvalue weighted by molar-refractivity contribution is 0.102. The molecule has 0 bridgehead atoms. The van der Waals surface area contributed by atoms with Crippen LogP contribution in [0.5, 0.6) is 11.6 Å². The van der Waals surface area contributed by atoms with E-state index in [2.05, 4.69) is 25.7 Å². The number of carbonyl (C=O) groups is 2. The first-order valence-electron chi connectivity index (χ1n) is 13.7. The van der Waals surface area contributed by atoms with Gasteiger partial charge in [-0.05, 0) is 66.5 Å². The summed E-state index contributed by atoms with van der Waals surface area (Å²) in [6.07, 6.45) is 6.51. The molecule has 226 valence electrons. The topological polar surface area (TPSA) is 154 Å². The number of nitrogens with one attached hydrogen (secondary N) is 3. The largest absolute Gasteiger partial charge is 0.492 e. The van der Waals surface area contributed by atoms with Crippen molar-refractivity contribution in [3.63, 3.8) is 0 Å². The van der Waals surface area contributed by atoms with Crippen LogP contribution in [0.15, 0.2) is 36.5 Å². The van der Waals surface area contributed by atoms with Gasteiger partial charge in [0.15, 0.2) is 5.75 Å². The number of amides is 2. The molecular weight excluding hydrogens is 560 g/mol. The van der Waals surface area contributed by atoms with Gasteiger partial charge in [0.1, 0.15) is 0 Å². The Labute approximate surface area is 246 Å². The van der Waals surface area contributed by atoms with Crippen LogP contribution in [0.25, 0.3) is 5.69 Å². The summed E-state index contributed by atoms with van der Waals surface area (Å²) in [6.45, 7) is 8.36. The number of nitrogens with zero attached hydrogens (tertiary/aromatic N) is 3. The highest BCUT2D eigenvalue weighted by Gasteiger charge is 2.23. The number of benzene rings is 2. The van der Waals surface area contributed by atoms with E-state index in [0.29, 0.717) is 29.4 Å². The van der Waals surface area contributed by atoms with Crippen LogP contribution in [0.4, 0.5) is 16.2 Å². The summed E-state index contributed by atoms with van der Waals surface area (Å²) >= 11 is 0. The van der Waals surface area contributed by atoms with Crippen LogP contribution in [0.2, 0.25) is 0 Å². The molecule has 1 aromatic heterocycles. The van der Waals surface area contributed by atoms with Gasteiger partial charge in [0.05, 0.1) is 36.6 Å². The standard InChI is InChI=1S/C29H38N6O6S/c1-18-11-12-20(13-24(18)35-17-25(32-34-35)41-28(37)30-16-19-9-7-8-10-19)27(36)31-22-14-21(29(2,3)4)15-23(26(22)40-5)33-42(6,38)39/h11-15,17,19,33H,7-10,16H2,1-6H3,(H,30,37)(H,31,36). The average molecular weight is 599 g/mol. The lowest BCUT2D eigenvalue weighted by Crippen LogP contribution is -2.31. The number of ether oxygens (including phenoxy) is 2. The van der Waals surface area contributed by atoms with Gasteiger partial charge in [0.2, 0.25) is 10.0 Å². The van der Waals surface area contributed by atoms with Crippen LogP contribution in [-0.4, -0.2) is 55.3 Å². The number of methoxy groups -OCH3 is 1. The van der Waals surface area contributed by atoms with Crippen LogP contribution in [0.1, 0.15) is 67.9 Å². The van der Waals surface area contributed by atoms with E-state index in [1.165, 1.54) is 30.8 Å². The lowest BCUT2D eigenvalue weighted by Gasteiger charge is -2.24. The molecule has 3 aromatic rings. The second-order valence-corrected chi connectivity index (χ2v) is 13.4. The van der Waals surface area contributed by atoms with Gasteiger partial charge in [0, 0.05) is 12.1 Å². The Kier molecular flexibility index (Phi) is 9.09. The molecule has 1 heterocycles. The fourth-order valence-electron chi connectivity index (χ4n) is 4.83. The number of aryl methyl sites for hydroxylation is 1. The maximum absolute atomic E-state index is 13.4. The summed E-state index contributed by atoms with van der Waals surface area (Å²) in [6, 6.07) is 8.52. The molecule has 0 spiro atoms. The maximum Gasteiger partial charge on any atom is 0.414 e. The number of sulfonamides is 1. The van der Waals surface area contributed by atoms with Gasteiger partial charge in [-0.1, -0.05) is 50.0 Å². The highest BCUT2D eigenvalue weighted by atomic mass is 32.2. The molecule has 13 heteroatoms. The van der Waals surface area contributed by atoms with E-state index in [1.54, 1.807) is 30.3 Å². The Hall–Kier alpha value is -4.13. The molecule has 1 aliphatic rings. The first-order chi connectivity index (χ1) is 19.7. The summed E-state index contributed by atoms with van der Waals surface area (Å²) in [5, 5.41) is 13.7.